The number of esters is 1. The molecule has 5 nitrogen and oxygen atoms in total. The monoisotopic (exact) mass is 237 g/mol. The van der Waals surface area contributed by atoms with Crippen LogP contribution in [0.5, 0.6) is 11.5 Å². The zero-order chi connectivity index (χ0) is 12.3. The van der Waals surface area contributed by atoms with Gasteiger partial charge in [0.1, 0.15) is 0 Å². The Morgan fingerprint density at radius 1 is 1.47 bits per heavy atom. The average molecular weight is 237 g/mol. The lowest BCUT2D eigenvalue weighted by molar-refractivity contribution is -0.144. The highest BCUT2D eigenvalue weighted by molar-refractivity contribution is 5.78. The number of rotatable bonds is 4. The summed E-state index contributed by atoms with van der Waals surface area (Å²) >= 11 is 0. The van der Waals surface area contributed by atoms with E-state index in [-0.39, 0.29) is 19.3 Å². The van der Waals surface area contributed by atoms with E-state index < -0.39 is 5.92 Å². The van der Waals surface area contributed by atoms with Crippen LogP contribution in [0.2, 0.25) is 0 Å². The maximum absolute atomic E-state index is 11.7. The normalized spacial score (nSPS) is 14.5. The van der Waals surface area contributed by atoms with Crippen molar-refractivity contribution >= 4 is 5.97 Å². The molecule has 0 unspecified atom stereocenters. The second kappa shape index (κ2) is 5.05. The topological polar surface area (TPSA) is 70.8 Å². The van der Waals surface area contributed by atoms with Gasteiger partial charge in [-0.1, -0.05) is 6.07 Å². The van der Waals surface area contributed by atoms with Gasteiger partial charge in [0.15, 0.2) is 11.5 Å². The number of benzene rings is 1. The van der Waals surface area contributed by atoms with Crippen molar-refractivity contribution in [1.82, 2.24) is 0 Å². The molecule has 1 aromatic carbocycles. The summed E-state index contributed by atoms with van der Waals surface area (Å²) in [5.41, 5.74) is 6.40. The Morgan fingerprint density at radius 3 is 2.94 bits per heavy atom. The first-order valence-electron chi connectivity index (χ1n) is 5.52. The Morgan fingerprint density at radius 2 is 2.24 bits per heavy atom. The van der Waals surface area contributed by atoms with Crippen molar-refractivity contribution in [3.05, 3.63) is 23.8 Å². The molecule has 1 aromatic rings. The van der Waals surface area contributed by atoms with Gasteiger partial charge in [-0.15, -0.1) is 0 Å². The first kappa shape index (κ1) is 11.7. The predicted molar refractivity (Wildman–Crippen MR) is 61.0 cm³/mol. The summed E-state index contributed by atoms with van der Waals surface area (Å²) in [6.07, 6.45) is 0. The highest BCUT2D eigenvalue weighted by Gasteiger charge is 2.23. The average Bonchev–Trinajstić information content (AvgIpc) is 2.77. The van der Waals surface area contributed by atoms with E-state index >= 15 is 0 Å². The van der Waals surface area contributed by atoms with Crippen LogP contribution in [0.25, 0.3) is 0 Å². The molecule has 1 aliphatic heterocycles. The van der Waals surface area contributed by atoms with Crippen molar-refractivity contribution in [3.8, 4) is 11.5 Å². The minimum Gasteiger partial charge on any atom is -0.465 e. The molecule has 1 heterocycles. The third-order valence-electron chi connectivity index (χ3n) is 2.61. The maximum atomic E-state index is 11.7. The summed E-state index contributed by atoms with van der Waals surface area (Å²) < 4.78 is 15.4. The van der Waals surface area contributed by atoms with Crippen LogP contribution in [0.3, 0.4) is 0 Å². The van der Waals surface area contributed by atoms with Crippen molar-refractivity contribution in [1.29, 1.82) is 0 Å². The molecule has 0 aromatic heterocycles. The fourth-order valence-electron chi connectivity index (χ4n) is 1.74. The van der Waals surface area contributed by atoms with E-state index in [1.807, 2.05) is 6.07 Å². The quantitative estimate of drug-likeness (QED) is 0.792. The van der Waals surface area contributed by atoms with Crippen LogP contribution in [0.15, 0.2) is 18.2 Å². The fraction of sp³-hybridized carbons (Fsp3) is 0.417. The molecule has 17 heavy (non-hydrogen) atoms. The van der Waals surface area contributed by atoms with Gasteiger partial charge < -0.3 is 19.9 Å². The molecule has 0 bridgehead atoms. The molecule has 1 aliphatic rings. The standard InChI is InChI=1S/C12H15NO4/c1-2-15-12(14)9(6-13)8-3-4-10-11(5-8)17-7-16-10/h3-5,9H,2,6-7,13H2,1H3/t9-/m0/s1. The molecule has 0 spiro atoms. The molecule has 0 saturated heterocycles. The van der Waals surface area contributed by atoms with E-state index in [1.54, 1.807) is 19.1 Å². The van der Waals surface area contributed by atoms with Crippen LogP contribution in [0, 0.1) is 0 Å². The van der Waals surface area contributed by atoms with Crippen molar-refractivity contribution in [2.45, 2.75) is 12.8 Å². The molecule has 5 heteroatoms. The Hall–Kier alpha value is -1.75. The summed E-state index contributed by atoms with van der Waals surface area (Å²) in [5, 5.41) is 0. The van der Waals surface area contributed by atoms with Crippen LogP contribution < -0.4 is 15.2 Å². The van der Waals surface area contributed by atoms with Crippen molar-refractivity contribution < 1.29 is 19.0 Å². The molecule has 0 aliphatic carbocycles. The van der Waals surface area contributed by atoms with Crippen LogP contribution >= 0.6 is 0 Å². The van der Waals surface area contributed by atoms with Crippen LogP contribution in [-0.2, 0) is 9.53 Å². The van der Waals surface area contributed by atoms with Gasteiger partial charge in [-0.2, -0.15) is 0 Å². The Kier molecular flexibility index (Phi) is 3.49. The highest BCUT2D eigenvalue weighted by Crippen LogP contribution is 2.34. The second-order valence-electron chi connectivity index (χ2n) is 3.65. The van der Waals surface area contributed by atoms with Gasteiger partial charge in [0, 0.05) is 6.54 Å². The highest BCUT2D eigenvalue weighted by atomic mass is 16.7. The molecular formula is C12H15NO4. The van der Waals surface area contributed by atoms with Gasteiger partial charge >= 0.3 is 5.97 Å². The third-order valence-corrected chi connectivity index (χ3v) is 2.61. The van der Waals surface area contributed by atoms with E-state index in [2.05, 4.69) is 0 Å². The molecule has 1 atom stereocenters. The lowest BCUT2D eigenvalue weighted by Crippen LogP contribution is -2.23. The number of carbonyl (C=O) groups excluding carboxylic acids is 1. The van der Waals surface area contributed by atoms with Crippen LogP contribution in [-0.4, -0.2) is 25.9 Å². The van der Waals surface area contributed by atoms with Crippen LogP contribution in [0.4, 0.5) is 0 Å². The van der Waals surface area contributed by atoms with Gasteiger partial charge in [-0.25, -0.2) is 0 Å². The lowest BCUT2D eigenvalue weighted by atomic mass is 9.99. The first-order valence-corrected chi connectivity index (χ1v) is 5.52. The number of ether oxygens (including phenoxy) is 3. The fourth-order valence-corrected chi connectivity index (χ4v) is 1.74. The van der Waals surface area contributed by atoms with E-state index in [0.29, 0.717) is 18.1 Å². The van der Waals surface area contributed by atoms with E-state index in [1.165, 1.54) is 0 Å². The lowest BCUT2D eigenvalue weighted by Gasteiger charge is -2.14. The van der Waals surface area contributed by atoms with E-state index in [0.717, 1.165) is 5.56 Å². The summed E-state index contributed by atoms with van der Waals surface area (Å²) in [6, 6.07) is 5.36. The van der Waals surface area contributed by atoms with Crippen molar-refractivity contribution in [2.24, 2.45) is 5.73 Å². The van der Waals surface area contributed by atoms with E-state index in [9.17, 15) is 4.79 Å². The molecule has 0 amide bonds. The Balaban J connectivity index is 2.22. The van der Waals surface area contributed by atoms with Gasteiger partial charge in [0.2, 0.25) is 6.79 Å². The maximum Gasteiger partial charge on any atom is 0.314 e. The van der Waals surface area contributed by atoms with Crippen LogP contribution in [0.1, 0.15) is 18.4 Å². The minimum absolute atomic E-state index is 0.207. The summed E-state index contributed by atoms with van der Waals surface area (Å²) in [6.45, 7) is 2.54. The summed E-state index contributed by atoms with van der Waals surface area (Å²) in [4.78, 5) is 11.7. The van der Waals surface area contributed by atoms with Gasteiger partial charge in [0.25, 0.3) is 0 Å². The molecule has 0 saturated carbocycles. The third kappa shape index (κ3) is 2.34. The molecular weight excluding hydrogens is 222 g/mol. The molecule has 92 valence electrons. The molecule has 0 radical (unpaired) electrons. The van der Waals surface area contributed by atoms with Crippen molar-refractivity contribution in [3.63, 3.8) is 0 Å². The molecule has 0 fully saturated rings. The predicted octanol–water partition coefficient (Wildman–Crippen LogP) is 1.02. The molecule has 2 rings (SSSR count). The zero-order valence-electron chi connectivity index (χ0n) is 9.64. The zero-order valence-corrected chi connectivity index (χ0v) is 9.64. The minimum atomic E-state index is -0.454. The number of nitrogens with two attached hydrogens (primary N) is 1. The Labute approximate surface area is 99.5 Å². The SMILES string of the molecule is CCOC(=O)[C@@H](CN)c1ccc2c(c1)OCO2. The van der Waals surface area contributed by atoms with Gasteiger partial charge in [-0.3, -0.25) is 4.79 Å². The van der Waals surface area contributed by atoms with Gasteiger partial charge in [0.05, 0.1) is 12.5 Å². The number of hydrogen-bond acceptors (Lipinski definition) is 5. The largest absolute Gasteiger partial charge is 0.465 e. The smallest absolute Gasteiger partial charge is 0.314 e. The van der Waals surface area contributed by atoms with Gasteiger partial charge in [-0.05, 0) is 24.6 Å². The number of carbonyl (C=O) groups is 1. The van der Waals surface area contributed by atoms with E-state index in [4.69, 9.17) is 19.9 Å². The molecule has 2 N–H and O–H groups in total. The summed E-state index contributed by atoms with van der Waals surface area (Å²) in [5.74, 6) is 0.567. The first-order chi connectivity index (χ1) is 8.26. The number of hydrogen-bond donors (Lipinski definition) is 1. The Bertz CT molecular complexity index is 419. The van der Waals surface area contributed by atoms with Crippen molar-refractivity contribution in [2.75, 3.05) is 19.9 Å². The summed E-state index contributed by atoms with van der Waals surface area (Å²) in [7, 11) is 0. The second-order valence-corrected chi connectivity index (χ2v) is 3.65. The number of fused-ring (bicyclic) bond motifs is 1.